The number of nitrogens with one attached hydrogen (secondary N) is 1. The van der Waals surface area contributed by atoms with Crippen molar-refractivity contribution in [3.05, 3.63) is 18.0 Å². The summed E-state index contributed by atoms with van der Waals surface area (Å²) in [5.41, 5.74) is 0.957. The van der Waals surface area contributed by atoms with E-state index in [-0.39, 0.29) is 6.04 Å². The molecule has 0 saturated carbocycles. The fraction of sp³-hybridized carbons (Fsp3) is 0.455. The Hall–Kier alpha value is -1.56. The van der Waals surface area contributed by atoms with Gasteiger partial charge in [0.1, 0.15) is 0 Å². The van der Waals surface area contributed by atoms with Crippen LogP contribution in [0.4, 0.5) is 5.95 Å². The Morgan fingerprint density at radius 1 is 1.64 bits per heavy atom. The van der Waals surface area contributed by atoms with Crippen molar-refractivity contribution in [1.82, 2.24) is 9.97 Å². The normalized spacial score (nSPS) is 11.8. The summed E-state index contributed by atoms with van der Waals surface area (Å²) in [6.07, 6.45) is 8.68. The molecule has 1 N–H and O–H groups in total. The summed E-state index contributed by atoms with van der Waals surface area (Å²) in [5.74, 6) is 3.29. The van der Waals surface area contributed by atoms with E-state index in [1.54, 1.807) is 6.20 Å². The molecule has 74 valence electrons. The molecule has 0 spiro atoms. The number of rotatable bonds is 4. The zero-order chi connectivity index (χ0) is 10.4. The highest BCUT2D eigenvalue weighted by Crippen LogP contribution is 2.05. The smallest absolute Gasteiger partial charge is 0.223 e. The van der Waals surface area contributed by atoms with Crippen LogP contribution in [0.5, 0.6) is 0 Å². The first-order valence-corrected chi connectivity index (χ1v) is 4.76. The molecule has 0 radical (unpaired) electrons. The van der Waals surface area contributed by atoms with Crippen molar-refractivity contribution in [3.63, 3.8) is 0 Å². The molecule has 1 unspecified atom stereocenters. The summed E-state index contributed by atoms with van der Waals surface area (Å²) in [6, 6.07) is 2.13. The molecular weight excluding hydrogens is 174 g/mol. The molecule has 1 aromatic heterocycles. The molecule has 1 rings (SSSR count). The lowest BCUT2D eigenvalue weighted by molar-refractivity contribution is 0.706. The molecule has 14 heavy (non-hydrogen) atoms. The molecule has 0 fully saturated rings. The molecule has 0 aromatic carbocycles. The molecule has 0 amide bonds. The van der Waals surface area contributed by atoms with E-state index in [4.69, 9.17) is 6.42 Å². The molecule has 3 heteroatoms. The number of hydrogen-bond acceptors (Lipinski definition) is 3. The van der Waals surface area contributed by atoms with Gasteiger partial charge in [0, 0.05) is 24.4 Å². The second kappa shape index (κ2) is 5.23. The van der Waals surface area contributed by atoms with Crippen LogP contribution in [0.25, 0.3) is 0 Å². The van der Waals surface area contributed by atoms with Gasteiger partial charge in [-0.3, -0.25) is 0 Å². The summed E-state index contributed by atoms with van der Waals surface area (Å²) >= 11 is 0. The highest BCUT2D eigenvalue weighted by atomic mass is 15.1. The van der Waals surface area contributed by atoms with Gasteiger partial charge >= 0.3 is 0 Å². The van der Waals surface area contributed by atoms with Crippen molar-refractivity contribution in [2.75, 3.05) is 5.32 Å². The first kappa shape index (κ1) is 10.5. The quantitative estimate of drug-likeness (QED) is 0.736. The Balaban J connectivity index is 2.63. The molecular formula is C11H15N3. The van der Waals surface area contributed by atoms with Gasteiger partial charge in [-0.25, -0.2) is 9.97 Å². The van der Waals surface area contributed by atoms with E-state index in [9.17, 15) is 0 Å². The van der Waals surface area contributed by atoms with E-state index in [1.165, 1.54) is 0 Å². The van der Waals surface area contributed by atoms with Crippen LogP contribution in [0.1, 0.15) is 25.5 Å². The number of hydrogen-bond donors (Lipinski definition) is 1. The zero-order valence-electron chi connectivity index (χ0n) is 8.62. The minimum Gasteiger partial charge on any atom is -0.351 e. The Morgan fingerprint density at radius 3 is 3.00 bits per heavy atom. The lowest BCUT2D eigenvalue weighted by Crippen LogP contribution is -2.19. The largest absolute Gasteiger partial charge is 0.351 e. The van der Waals surface area contributed by atoms with Gasteiger partial charge in [-0.05, 0) is 19.4 Å². The van der Waals surface area contributed by atoms with Crippen molar-refractivity contribution >= 4 is 5.95 Å². The second-order valence-electron chi connectivity index (χ2n) is 3.18. The van der Waals surface area contributed by atoms with E-state index in [2.05, 4.69) is 28.1 Å². The van der Waals surface area contributed by atoms with Crippen LogP contribution in [-0.2, 0) is 0 Å². The second-order valence-corrected chi connectivity index (χ2v) is 3.18. The van der Waals surface area contributed by atoms with Crippen molar-refractivity contribution in [2.45, 2.75) is 32.7 Å². The SMILES string of the molecule is C#CCC(CC)Nc1nccc(C)n1. The standard InChI is InChI=1S/C11H15N3/c1-4-6-10(5-2)14-11-12-8-7-9(3)13-11/h1,7-8,10H,5-6H2,2-3H3,(H,12,13,14). The third kappa shape index (κ3) is 3.06. The topological polar surface area (TPSA) is 37.8 Å². The molecule has 3 nitrogen and oxygen atoms in total. The van der Waals surface area contributed by atoms with Crippen LogP contribution in [0.15, 0.2) is 12.3 Å². The van der Waals surface area contributed by atoms with Crippen LogP contribution in [-0.4, -0.2) is 16.0 Å². The molecule has 1 atom stereocenters. The first-order chi connectivity index (χ1) is 6.76. The first-order valence-electron chi connectivity index (χ1n) is 4.76. The van der Waals surface area contributed by atoms with Gasteiger partial charge in [-0.1, -0.05) is 6.92 Å². The van der Waals surface area contributed by atoms with E-state index >= 15 is 0 Å². The predicted molar refractivity (Wildman–Crippen MR) is 57.9 cm³/mol. The molecule has 1 heterocycles. The average Bonchev–Trinajstić information content (AvgIpc) is 2.17. The highest BCUT2D eigenvalue weighted by Gasteiger charge is 2.05. The van der Waals surface area contributed by atoms with Crippen LogP contribution in [0.3, 0.4) is 0 Å². The molecule has 0 aliphatic rings. The fourth-order valence-corrected chi connectivity index (χ4v) is 1.14. The summed E-state index contributed by atoms with van der Waals surface area (Å²) in [4.78, 5) is 8.37. The van der Waals surface area contributed by atoms with Gasteiger partial charge in [0.15, 0.2) is 0 Å². The monoisotopic (exact) mass is 189 g/mol. The summed E-state index contributed by atoms with van der Waals surface area (Å²) in [7, 11) is 0. The van der Waals surface area contributed by atoms with E-state index in [0.29, 0.717) is 12.4 Å². The van der Waals surface area contributed by atoms with Crippen molar-refractivity contribution in [3.8, 4) is 12.3 Å². The van der Waals surface area contributed by atoms with Crippen LogP contribution >= 0.6 is 0 Å². The zero-order valence-corrected chi connectivity index (χ0v) is 8.62. The number of aryl methyl sites for hydroxylation is 1. The van der Waals surface area contributed by atoms with Gasteiger partial charge in [0.25, 0.3) is 0 Å². The maximum Gasteiger partial charge on any atom is 0.223 e. The third-order valence-electron chi connectivity index (χ3n) is 1.99. The van der Waals surface area contributed by atoms with Crippen LogP contribution in [0.2, 0.25) is 0 Å². The summed E-state index contributed by atoms with van der Waals surface area (Å²) in [5, 5.41) is 3.21. The molecule has 0 saturated heterocycles. The van der Waals surface area contributed by atoms with Gasteiger partial charge in [-0.2, -0.15) is 0 Å². The predicted octanol–water partition coefficient (Wildman–Crippen LogP) is 2.00. The lowest BCUT2D eigenvalue weighted by atomic mass is 10.2. The molecule has 0 bridgehead atoms. The Kier molecular flexibility index (Phi) is 3.93. The maximum atomic E-state index is 5.26. The summed E-state index contributed by atoms with van der Waals surface area (Å²) in [6.45, 7) is 4.03. The van der Waals surface area contributed by atoms with Crippen LogP contribution < -0.4 is 5.32 Å². The Morgan fingerprint density at radius 2 is 2.43 bits per heavy atom. The van der Waals surface area contributed by atoms with Crippen molar-refractivity contribution < 1.29 is 0 Å². The van der Waals surface area contributed by atoms with E-state index in [1.807, 2.05) is 13.0 Å². The molecule has 1 aromatic rings. The minimum atomic E-state index is 0.266. The van der Waals surface area contributed by atoms with Crippen molar-refractivity contribution in [2.24, 2.45) is 0 Å². The fourth-order valence-electron chi connectivity index (χ4n) is 1.14. The van der Waals surface area contributed by atoms with E-state index in [0.717, 1.165) is 12.1 Å². The molecule has 0 aliphatic carbocycles. The summed E-state index contributed by atoms with van der Waals surface area (Å²) < 4.78 is 0. The average molecular weight is 189 g/mol. The highest BCUT2D eigenvalue weighted by molar-refractivity contribution is 5.26. The number of aromatic nitrogens is 2. The van der Waals surface area contributed by atoms with Crippen LogP contribution in [0, 0.1) is 19.3 Å². The van der Waals surface area contributed by atoms with Gasteiger partial charge in [-0.15, -0.1) is 12.3 Å². The number of terminal acetylenes is 1. The maximum absolute atomic E-state index is 5.26. The van der Waals surface area contributed by atoms with Gasteiger partial charge in [0.2, 0.25) is 5.95 Å². The third-order valence-corrected chi connectivity index (χ3v) is 1.99. The Bertz CT molecular complexity index is 328. The minimum absolute atomic E-state index is 0.266. The lowest BCUT2D eigenvalue weighted by Gasteiger charge is -2.13. The molecule has 0 aliphatic heterocycles. The number of anilines is 1. The van der Waals surface area contributed by atoms with Crippen molar-refractivity contribution in [1.29, 1.82) is 0 Å². The Labute approximate surface area is 85.0 Å². The van der Waals surface area contributed by atoms with Gasteiger partial charge in [0.05, 0.1) is 0 Å². The van der Waals surface area contributed by atoms with Gasteiger partial charge < -0.3 is 5.32 Å². The van der Waals surface area contributed by atoms with E-state index < -0.39 is 0 Å². The number of nitrogens with zero attached hydrogens (tertiary/aromatic N) is 2.